The summed E-state index contributed by atoms with van der Waals surface area (Å²) < 4.78 is 67.4. The van der Waals surface area contributed by atoms with Crippen LogP contribution in [0, 0.1) is 18.6 Å². The van der Waals surface area contributed by atoms with Crippen molar-refractivity contribution in [3.8, 4) is 5.69 Å². The molecule has 31 heavy (non-hydrogen) atoms. The summed E-state index contributed by atoms with van der Waals surface area (Å²) in [7, 11) is 0. The van der Waals surface area contributed by atoms with Gasteiger partial charge in [-0.3, -0.25) is 9.59 Å². The first kappa shape index (κ1) is 22.1. The molecule has 0 spiro atoms. The highest BCUT2D eigenvalue weighted by atomic mass is 19.4. The number of rotatable bonds is 5. The lowest BCUT2D eigenvalue weighted by atomic mass is 10.1. The van der Waals surface area contributed by atoms with E-state index in [9.17, 15) is 31.5 Å². The molecule has 3 rings (SSSR count). The van der Waals surface area contributed by atoms with Crippen LogP contribution in [-0.2, 0) is 12.6 Å². The number of benzene rings is 2. The molecule has 1 N–H and O–H groups in total. The number of halogens is 5. The van der Waals surface area contributed by atoms with Crippen LogP contribution >= 0.6 is 0 Å². The Balaban J connectivity index is 1.84. The van der Waals surface area contributed by atoms with Gasteiger partial charge in [0.2, 0.25) is 5.43 Å². The van der Waals surface area contributed by atoms with Crippen LogP contribution in [0.15, 0.2) is 53.3 Å². The van der Waals surface area contributed by atoms with E-state index in [2.05, 4.69) is 10.4 Å². The van der Waals surface area contributed by atoms with Crippen LogP contribution in [0.5, 0.6) is 0 Å². The minimum atomic E-state index is -4.58. The molecule has 0 saturated heterocycles. The molecule has 10 heteroatoms. The zero-order valence-corrected chi connectivity index (χ0v) is 16.1. The van der Waals surface area contributed by atoms with Gasteiger partial charge in [-0.05, 0) is 43.7 Å². The second kappa shape index (κ2) is 8.66. The van der Waals surface area contributed by atoms with E-state index in [0.717, 1.165) is 35.0 Å². The van der Waals surface area contributed by atoms with Gasteiger partial charge in [0.15, 0.2) is 5.69 Å². The minimum Gasteiger partial charge on any atom is -0.350 e. The highest BCUT2D eigenvalue weighted by molar-refractivity contribution is 5.92. The first-order chi connectivity index (χ1) is 14.6. The molecule has 0 aliphatic rings. The van der Waals surface area contributed by atoms with E-state index in [1.54, 1.807) is 0 Å². The normalized spacial score (nSPS) is 11.4. The van der Waals surface area contributed by atoms with Gasteiger partial charge in [-0.25, -0.2) is 13.5 Å². The van der Waals surface area contributed by atoms with E-state index < -0.39 is 40.4 Å². The Morgan fingerprint density at radius 2 is 1.71 bits per heavy atom. The molecular weight excluding hydrogens is 421 g/mol. The summed E-state index contributed by atoms with van der Waals surface area (Å²) in [6.07, 6.45) is -4.75. The summed E-state index contributed by atoms with van der Waals surface area (Å²) in [5.74, 6) is -2.45. The molecule has 0 aliphatic heterocycles. The van der Waals surface area contributed by atoms with Crippen LogP contribution in [0.1, 0.15) is 27.3 Å². The lowest BCUT2D eigenvalue weighted by molar-refractivity contribution is -0.137. The average Bonchev–Trinajstić information content (AvgIpc) is 2.69. The molecule has 3 aromatic rings. The van der Waals surface area contributed by atoms with Crippen molar-refractivity contribution in [3.63, 3.8) is 0 Å². The number of aryl methyl sites for hydroxylation is 1. The Morgan fingerprint density at radius 1 is 1.06 bits per heavy atom. The molecule has 1 heterocycles. The molecule has 0 bridgehead atoms. The van der Waals surface area contributed by atoms with Crippen LogP contribution < -0.4 is 10.7 Å². The van der Waals surface area contributed by atoms with Crippen molar-refractivity contribution in [2.75, 3.05) is 6.54 Å². The highest BCUT2D eigenvalue weighted by Gasteiger charge is 2.30. The number of aromatic nitrogens is 2. The fourth-order valence-corrected chi connectivity index (χ4v) is 2.94. The Kier molecular flexibility index (Phi) is 6.19. The average molecular weight is 437 g/mol. The smallest absolute Gasteiger partial charge is 0.350 e. The van der Waals surface area contributed by atoms with Crippen molar-refractivity contribution in [2.24, 2.45) is 0 Å². The van der Waals surface area contributed by atoms with Crippen molar-refractivity contribution in [3.05, 3.63) is 92.9 Å². The number of carbonyl (C=O) groups excluding carboxylic acids is 1. The fraction of sp³-hybridized carbons (Fsp3) is 0.190. The van der Waals surface area contributed by atoms with Gasteiger partial charge >= 0.3 is 6.18 Å². The quantitative estimate of drug-likeness (QED) is 0.618. The lowest BCUT2D eigenvalue weighted by Crippen LogP contribution is -2.33. The van der Waals surface area contributed by atoms with Crippen molar-refractivity contribution < 1.29 is 26.7 Å². The van der Waals surface area contributed by atoms with E-state index >= 15 is 0 Å². The topological polar surface area (TPSA) is 64.0 Å². The van der Waals surface area contributed by atoms with Crippen molar-refractivity contribution in [1.82, 2.24) is 15.1 Å². The van der Waals surface area contributed by atoms with E-state index in [1.165, 1.54) is 25.1 Å². The van der Waals surface area contributed by atoms with Gasteiger partial charge in [-0.2, -0.15) is 18.3 Å². The first-order valence-electron chi connectivity index (χ1n) is 9.07. The SMILES string of the molecule is Cc1cc(=O)c(C(=O)NCCc2c(F)cccc2F)nn1-c1cccc(C(F)(F)F)c1. The van der Waals surface area contributed by atoms with E-state index in [-0.39, 0.29) is 29.9 Å². The number of hydrogen-bond acceptors (Lipinski definition) is 3. The lowest BCUT2D eigenvalue weighted by Gasteiger charge is -2.13. The Labute approximate surface area is 173 Å². The van der Waals surface area contributed by atoms with Crippen LogP contribution in [0.4, 0.5) is 22.0 Å². The summed E-state index contributed by atoms with van der Waals surface area (Å²) in [5.41, 5.74) is -2.21. The van der Waals surface area contributed by atoms with Gasteiger partial charge in [-0.1, -0.05) is 12.1 Å². The monoisotopic (exact) mass is 437 g/mol. The van der Waals surface area contributed by atoms with E-state index in [4.69, 9.17) is 0 Å². The second-order valence-corrected chi connectivity index (χ2v) is 6.66. The Bertz CT molecular complexity index is 1170. The van der Waals surface area contributed by atoms with Gasteiger partial charge in [0, 0.05) is 23.9 Å². The molecule has 0 aliphatic carbocycles. The Morgan fingerprint density at radius 3 is 2.35 bits per heavy atom. The number of alkyl halides is 3. The van der Waals surface area contributed by atoms with Crippen LogP contribution in [0.3, 0.4) is 0 Å². The molecule has 0 atom stereocenters. The largest absolute Gasteiger partial charge is 0.416 e. The predicted molar refractivity (Wildman–Crippen MR) is 102 cm³/mol. The molecule has 1 aromatic heterocycles. The first-order valence-corrected chi connectivity index (χ1v) is 9.07. The third-order valence-corrected chi connectivity index (χ3v) is 4.46. The maximum Gasteiger partial charge on any atom is 0.416 e. The molecular formula is C21H16F5N3O2. The van der Waals surface area contributed by atoms with Gasteiger partial charge in [-0.15, -0.1) is 0 Å². The van der Waals surface area contributed by atoms with Crippen molar-refractivity contribution in [2.45, 2.75) is 19.5 Å². The number of hydrogen-bond donors (Lipinski definition) is 1. The molecule has 0 radical (unpaired) electrons. The molecule has 2 aromatic carbocycles. The van der Waals surface area contributed by atoms with Crippen LogP contribution in [0.25, 0.3) is 5.69 Å². The summed E-state index contributed by atoms with van der Waals surface area (Å²) in [4.78, 5) is 24.6. The van der Waals surface area contributed by atoms with E-state index in [1.807, 2.05) is 0 Å². The minimum absolute atomic E-state index is 0.00908. The van der Waals surface area contributed by atoms with E-state index in [0.29, 0.717) is 0 Å². The summed E-state index contributed by atoms with van der Waals surface area (Å²) in [6.45, 7) is 1.27. The third-order valence-electron chi connectivity index (χ3n) is 4.46. The predicted octanol–water partition coefficient (Wildman–Crippen LogP) is 3.81. The molecule has 0 saturated carbocycles. The van der Waals surface area contributed by atoms with Crippen LogP contribution in [0.2, 0.25) is 0 Å². The van der Waals surface area contributed by atoms with Gasteiger partial charge in [0.05, 0.1) is 11.3 Å². The zero-order valence-electron chi connectivity index (χ0n) is 16.1. The number of nitrogens with zero attached hydrogens (tertiary/aromatic N) is 2. The molecule has 0 fully saturated rings. The maximum atomic E-state index is 13.7. The van der Waals surface area contributed by atoms with Crippen LogP contribution in [-0.4, -0.2) is 22.2 Å². The zero-order chi connectivity index (χ0) is 22.8. The molecule has 162 valence electrons. The maximum absolute atomic E-state index is 13.7. The summed E-state index contributed by atoms with van der Waals surface area (Å²) in [6, 6.07) is 8.69. The van der Waals surface area contributed by atoms with Crippen molar-refractivity contribution >= 4 is 5.91 Å². The standard InChI is InChI=1S/C21H16F5N3O2/c1-12-10-18(30)19(20(31)27-9-8-15-16(22)6-3-7-17(15)23)28-29(12)14-5-2-4-13(11-14)21(24,25)26/h2-7,10-11H,8-9H2,1H3,(H,27,31). The molecule has 5 nitrogen and oxygen atoms in total. The number of carbonyl (C=O) groups is 1. The molecule has 0 unspecified atom stereocenters. The number of amides is 1. The molecule has 1 amide bonds. The third kappa shape index (κ3) is 4.96. The highest BCUT2D eigenvalue weighted by Crippen LogP contribution is 2.30. The summed E-state index contributed by atoms with van der Waals surface area (Å²) >= 11 is 0. The van der Waals surface area contributed by atoms with Gasteiger partial charge in [0.1, 0.15) is 11.6 Å². The van der Waals surface area contributed by atoms with Crippen molar-refractivity contribution in [1.29, 1.82) is 0 Å². The Hall–Kier alpha value is -3.56. The fourth-order valence-electron chi connectivity index (χ4n) is 2.94. The summed E-state index contributed by atoms with van der Waals surface area (Å²) in [5, 5.41) is 6.25. The van der Waals surface area contributed by atoms with Gasteiger partial charge in [0.25, 0.3) is 5.91 Å². The van der Waals surface area contributed by atoms with Gasteiger partial charge < -0.3 is 5.32 Å². The second-order valence-electron chi connectivity index (χ2n) is 6.66. The number of nitrogens with one attached hydrogen (secondary N) is 1.